The fraction of sp³-hybridized carbons (Fsp3) is 0.294. The minimum absolute atomic E-state index is 0.179. The van der Waals surface area contributed by atoms with Gasteiger partial charge in [-0.2, -0.15) is 0 Å². The number of hydrogen-bond donors (Lipinski definition) is 0. The van der Waals surface area contributed by atoms with E-state index in [0.29, 0.717) is 5.92 Å². The highest BCUT2D eigenvalue weighted by Crippen LogP contribution is 2.31. The second kappa shape index (κ2) is 5.82. The van der Waals surface area contributed by atoms with E-state index in [0.717, 1.165) is 36.2 Å². The molecule has 3 nitrogen and oxygen atoms in total. The Morgan fingerprint density at radius 3 is 2.77 bits per heavy atom. The van der Waals surface area contributed by atoms with Gasteiger partial charge in [0.2, 0.25) is 0 Å². The maximum absolute atomic E-state index is 12.7. The molecule has 0 saturated carbocycles. The topological polar surface area (TPSA) is 33.2 Å². The highest BCUT2D eigenvalue weighted by molar-refractivity contribution is 7.20. The molecular formula is C17H16N2OS2. The molecule has 0 spiro atoms. The zero-order chi connectivity index (χ0) is 14.9. The van der Waals surface area contributed by atoms with E-state index in [9.17, 15) is 4.79 Å². The summed E-state index contributed by atoms with van der Waals surface area (Å²) in [4.78, 5) is 20.0. The normalized spacial score (nSPS) is 16.3. The Balaban J connectivity index is 1.47. The van der Waals surface area contributed by atoms with Crippen molar-refractivity contribution < 1.29 is 4.79 Å². The van der Waals surface area contributed by atoms with Crippen LogP contribution in [0.2, 0.25) is 0 Å². The quantitative estimate of drug-likeness (QED) is 0.699. The Hall–Kier alpha value is -1.72. The molecule has 0 unspecified atom stereocenters. The molecule has 5 heteroatoms. The van der Waals surface area contributed by atoms with Crippen molar-refractivity contribution in [2.24, 2.45) is 0 Å². The molecule has 3 heterocycles. The van der Waals surface area contributed by atoms with Crippen molar-refractivity contribution in [1.29, 1.82) is 0 Å². The summed E-state index contributed by atoms with van der Waals surface area (Å²) in [7, 11) is 0. The van der Waals surface area contributed by atoms with E-state index in [1.54, 1.807) is 22.7 Å². The fourth-order valence-corrected chi connectivity index (χ4v) is 4.85. The molecule has 0 atom stereocenters. The second-order valence-corrected chi connectivity index (χ2v) is 7.60. The van der Waals surface area contributed by atoms with E-state index in [-0.39, 0.29) is 5.91 Å². The van der Waals surface area contributed by atoms with Crippen LogP contribution in [-0.4, -0.2) is 28.9 Å². The number of amides is 1. The van der Waals surface area contributed by atoms with Crippen molar-refractivity contribution in [2.45, 2.75) is 18.8 Å². The SMILES string of the molecule is O=C(c1cc2ccccc2s1)N1CCC(c2nccs2)CC1. The van der Waals surface area contributed by atoms with Crippen LogP contribution in [0.5, 0.6) is 0 Å². The molecule has 1 aliphatic rings. The molecule has 112 valence electrons. The fourth-order valence-electron chi connectivity index (χ4n) is 3.01. The van der Waals surface area contributed by atoms with Crippen LogP contribution in [-0.2, 0) is 0 Å². The van der Waals surface area contributed by atoms with E-state index in [1.807, 2.05) is 34.7 Å². The lowest BCUT2D eigenvalue weighted by Gasteiger charge is -2.30. The van der Waals surface area contributed by atoms with Gasteiger partial charge in [0.15, 0.2) is 0 Å². The predicted molar refractivity (Wildman–Crippen MR) is 91.8 cm³/mol. The molecule has 1 saturated heterocycles. The van der Waals surface area contributed by atoms with E-state index in [1.165, 1.54) is 9.71 Å². The number of carbonyl (C=O) groups excluding carboxylic acids is 1. The average molecular weight is 328 g/mol. The molecule has 1 aliphatic heterocycles. The van der Waals surface area contributed by atoms with Crippen molar-refractivity contribution in [3.8, 4) is 0 Å². The Labute approximate surface area is 137 Å². The summed E-state index contributed by atoms with van der Waals surface area (Å²) in [6, 6.07) is 10.2. The van der Waals surface area contributed by atoms with Crippen molar-refractivity contribution in [3.05, 3.63) is 51.8 Å². The molecule has 2 aromatic heterocycles. The van der Waals surface area contributed by atoms with Crippen LogP contribution >= 0.6 is 22.7 Å². The zero-order valence-corrected chi connectivity index (χ0v) is 13.7. The Kier molecular flexibility index (Phi) is 3.68. The standard InChI is InChI=1S/C17H16N2OS2/c20-17(15-11-13-3-1-2-4-14(13)22-15)19-8-5-12(6-9-19)16-18-7-10-21-16/h1-4,7,10-12H,5-6,8-9H2. The van der Waals surface area contributed by atoms with Gasteiger partial charge in [-0.25, -0.2) is 4.98 Å². The molecule has 1 fully saturated rings. The van der Waals surface area contributed by atoms with E-state index < -0.39 is 0 Å². The summed E-state index contributed by atoms with van der Waals surface area (Å²) in [5, 5.41) is 4.41. The second-order valence-electron chi connectivity index (χ2n) is 5.59. The summed E-state index contributed by atoms with van der Waals surface area (Å²) in [5.41, 5.74) is 0. The first-order valence-corrected chi connectivity index (χ1v) is 9.18. The molecule has 3 aromatic rings. The third kappa shape index (κ3) is 2.55. The van der Waals surface area contributed by atoms with Crippen LogP contribution < -0.4 is 0 Å². The number of carbonyl (C=O) groups is 1. The highest BCUT2D eigenvalue weighted by Gasteiger charge is 2.26. The van der Waals surface area contributed by atoms with Crippen LogP contribution in [0.25, 0.3) is 10.1 Å². The first-order valence-electron chi connectivity index (χ1n) is 7.48. The third-order valence-corrected chi connectivity index (χ3v) is 6.26. The van der Waals surface area contributed by atoms with Gasteiger partial charge in [0.25, 0.3) is 5.91 Å². The van der Waals surface area contributed by atoms with Gasteiger partial charge in [-0.05, 0) is 30.4 Å². The smallest absolute Gasteiger partial charge is 0.263 e. The first-order chi connectivity index (χ1) is 10.8. The van der Waals surface area contributed by atoms with Crippen LogP contribution in [0.4, 0.5) is 0 Å². The Morgan fingerprint density at radius 1 is 1.23 bits per heavy atom. The number of fused-ring (bicyclic) bond motifs is 1. The average Bonchev–Trinajstić information content (AvgIpc) is 3.23. The monoisotopic (exact) mass is 328 g/mol. The first kappa shape index (κ1) is 13.9. The molecule has 22 heavy (non-hydrogen) atoms. The van der Waals surface area contributed by atoms with Gasteiger partial charge in [0.05, 0.1) is 9.88 Å². The summed E-state index contributed by atoms with van der Waals surface area (Å²) in [5.74, 6) is 0.699. The largest absolute Gasteiger partial charge is 0.338 e. The Bertz CT molecular complexity index is 753. The molecule has 0 radical (unpaired) electrons. The lowest BCUT2D eigenvalue weighted by atomic mass is 9.97. The molecule has 4 rings (SSSR count). The van der Waals surface area contributed by atoms with Crippen molar-refractivity contribution >= 4 is 38.7 Å². The van der Waals surface area contributed by atoms with E-state index >= 15 is 0 Å². The van der Waals surface area contributed by atoms with Gasteiger partial charge in [-0.3, -0.25) is 4.79 Å². The van der Waals surface area contributed by atoms with Gasteiger partial charge >= 0.3 is 0 Å². The number of nitrogens with zero attached hydrogens (tertiary/aromatic N) is 2. The van der Waals surface area contributed by atoms with Crippen LogP contribution in [0, 0.1) is 0 Å². The number of benzene rings is 1. The molecule has 1 amide bonds. The number of piperidine rings is 1. The highest BCUT2D eigenvalue weighted by atomic mass is 32.1. The van der Waals surface area contributed by atoms with Crippen molar-refractivity contribution in [1.82, 2.24) is 9.88 Å². The molecular weight excluding hydrogens is 312 g/mol. The summed E-state index contributed by atoms with van der Waals surface area (Å²) >= 11 is 3.32. The number of aromatic nitrogens is 1. The van der Waals surface area contributed by atoms with Crippen LogP contribution in [0.15, 0.2) is 41.9 Å². The van der Waals surface area contributed by atoms with Crippen LogP contribution in [0.1, 0.15) is 33.4 Å². The number of likely N-dealkylation sites (tertiary alicyclic amines) is 1. The van der Waals surface area contributed by atoms with Gasteiger partial charge in [0.1, 0.15) is 0 Å². The number of thiophene rings is 1. The maximum atomic E-state index is 12.7. The van der Waals surface area contributed by atoms with E-state index in [2.05, 4.69) is 17.1 Å². The van der Waals surface area contributed by atoms with Crippen molar-refractivity contribution in [3.63, 3.8) is 0 Å². The van der Waals surface area contributed by atoms with Gasteiger partial charge in [0, 0.05) is 35.3 Å². The summed E-state index contributed by atoms with van der Waals surface area (Å²) in [6.45, 7) is 1.66. The van der Waals surface area contributed by atoms with Crippen molar-refractivity contribution in [2.75, 3.05) is 13.1 Å². The van der Waals surface area contributed by atoms with Crippen LogP contribution in [0.3, 0.4) is 0 Å². The lowest BCUT2D eigenvalue weighted by molar-refractivity contribution is 0.0718. The van der Waals surface area contributed by atoms with Gasteiger partial charge in [-0.1, -0.05) is 18.2 Å². The minimum Gasteiger partial charge on any atom is -0.338 e. The number of thiazole rings is 1. The number of hydrogen-bond acceptors (Lipinski definition) is 4. The van der Waals surface area contributed by atoms with E-state index in [4.69, 9.17) is 0 Å². The predicted octanol–water partition coefficient (Wildman–Crippen LogP) is 4.38. The number of rotatable bonds is 2. The Morgan fingerprint density at radius 2 is 2.05 bits per heavy atom. The van der Waals surface area contributed by atoms with Gasteiger partial charge in [-0.15, -0.1) is 22.7 Å². The lowest BCUT2D eigenvalue weighted by Crippen LogP contribution is -2.37. The molecule has 1 aromatic carbocycles. The molecule has 0 N–H and O–H groups in total. The minimum atomic E-state index is 0.179. The zero-order valence-electron chi connectivity index (χ0n) is 12.1. The summed E-state index contributed by atoms with van der Waals surface area (Å²) < 4.78 is 1.18. The maximum Gasteiger partial charge on any atom is 0.263 e. The third-order valence-electron chi connectivity index (χ3n) is 4.22. The summed E-state index contributed by atoms with van der Waals surface area (Å²) in [6.07, 6.45) is 3.91. The molecule has 0 aliphatic carbocycles. The molecule has 0 bridgehead atoms. The van der Waals surface area contributed by atoms with Gasteiger partial charge < -0.3 is 4.90 Å².